The Kier molecular flexibility index (Phi) is 3.56. The molecule has 0 aliphatic carbocycles. The number of carbonyl (C=O) groups excluding carboxylic acids is 1. The second-order valence-electron chi connectivity index (χ2n) is 4.22. The summed E-state index contributed by atoms with van der Waals surface area (Å²) in [4.78, 5) is 19.8. The van der Waals surface area contributed by atoms with Crippen LogP contribution in [-0.4, -0.2) is 58.6 Å². The molecule has 1 aromatic heterocycles. The van der Waals surface area contributed by atoms with E-state index in [1.165, 1.54) is 36.8 Å². The van der Waals surface area contributed by atoms with Crippen LogP contribution in [-0.2, 0) is 0 Å². The van der Waals surface area contributed by atoms with Crippen molar-refractivity contribution in [1.82, 2.24) is 19.4 Å². The summed E-state index contributed by atoms with van der Waals surface area (Å²) in [6.45, 7) is 4.09. The van der Waals surface area contributed by atoms with Crippen molar-refractivity contribution >= 4 is 6.03 Å². The topological polar surface area (TPSA) is 41.4 Å². The molecule has 0 unspecified atom stereocenters. The lowest BCUT2D eigenvalue weighted by Gasteiger charge is -2.21. The number of likely N-dealkylation sites (tertiary alicyclic amines) is 1. The number of likely N-dealkylation sites (N-methyl/N-ethyl adjacent to an activating group) is 1. The number of rotatable bonds is 3. The molecule has 0 radical (unpaired) electrons. The van der Waals surface area contributed by atoms with E-state index in [0.29, 0.717) is 0 Å². The third-order valence-electron chi connectivity index (χ3n) is 3.00. The monoisotopic (exact) mass is 222 g/mol. The smallest absolute Gasteiger partial charge is 0.326 e. The lowest BCUT2D eigenvalue weighted by Crippen LogP contribution is -2.37. The fraction of sp³-hybridized carbons (Fsp3) is 0.636. The molecule has 0 bridgehead atoms. The van der Waals surface area contributed by atoms with Crippen molar-refractivity contribution in [2.24, 2.45) is 0 Å². The molecule has 1 aliphatic rings. The fourth-order valence-electron chi connectivity index (χ4n) is 1.96. The van der Waals surface area contributed by atoms with E-state index in [2.05, 4.69) is 9.88 Å². The Morgan fingerprint density at radius 1 is 1.44 bits per heavy atom. The number of imidazole rings is 1. The van der Waals surface area contributed by atoms with E-state index in [-0.39, 0.29) is 6.03 Å². The van der Waals surface area contributed by atoms with Crippen LogP contribution in [0, 0.1) is 0 Å². The molecule has 5 nitrogen and oxygen atoms in total. The first-order valence-corrected chi connectivity index (χ1v) is 5.73. The molecule has 1 aliphatic heterocycles. The van der Waals surface area contributed by atoms with E-state index in [0.717, 1.165) is 13.1 Å². The first-order valence-electron chi connectivity index (χ1n) is 5.73. The number of nitrogens with zero attached hydrogens (tertiary/aromatic N) is 4. The maximum absolute atomic E-state index is 11.8. The first-order chi connectivity index (χ1) is 7.77. The van der Waals surface area contributed by atoms with Crippen molar-refractivity contribution in [3.8, 4) is 0 Å². The van der Waals surface area contributed by atoms with Gasteiger partial charge < -0.3 is 9.80 Å². The van der Waals surface area contributed by atoms with Gasteiger partial charge in [-0.05, 0) is 25.9 Å². The van der Waals surface area contributed by atoms with Crippen LogP contribution < -0.4 is 0 Å². The van der Waals surface area contributed by atoms with Gasteiger partial charge in [0, 0.05) is 32.5 Å². The highest BCUT2D eigenvalue weighted by Gasteiger charge is 2.14. The van der Waals surface area contributed by atoms with Crippen LogP contribution in [0.5, 0.6) is 0 Å². The second-order valence-corrected chi connectivity index (χ2v) is 4.22. The zero-order valence-corrected chi connectivity index (χ0v) is 9.67. The van der Waals surface area contributed by atoms with Gasteiger partial charge in [-0.1, -0.05) is 0 Å². The van der Waals surface area contributed by atoms with Crippen LogP contribution in [0.4, 0.5) is 4.79 Å². The summed E-state index contributed by atoms with van der Waals surface area (Å²) in [5.74, 6) is 0. The predicted octanol–water partition coefficient (Wildman–Crippen LogP) is 0.879. The third-order valence-corrected chi connectivity index (χ3v) is 3.00. The summed E-state index contributed by atoms with van der Waals surface area (Å²) in [7, 11) is 1.83. The number of hydrogen-bond donors (Lipinski definition) is 0. The lowest BCUT2D eigenvalue weighted by atomic mass is 10.4. The number of carbonyl (C=O) groups is 1. The van der Waals surface area contributed by atoms with Gasteiger partial charge in [-0.2, -0.15) is 0 Å². The number of amides is 1. The van der Waals surface area contributed by atoms with Crippen molar-refractivity contribution in [2.75, 3.05) is 33.2 Å². The van der Waals surface area contributed by atoms with Crippen molar-refractivity contribution in [3.05, 3.63) is 18.7 Å². The lowest BCUT2D eigenvalue weighted by molar-refractivity contribution is 0.202. The molecule has 1 amide bonds. The summed E-state index contributed by atoms with van der Waals surface area (Å²) < 4.78 is 1.50. The molecule has 0 aromatic carbocycles. The minimum atomic E-state index is -0.0169. The van der Waals surface area contributed by atoms with Crippen molar-refractivity contribution in [1.29, 1.82) is 0 Å². The summed E-state index contributed by atoms with van der Waals surface area (Å²) in [5, 5.41) is 0. The molecule has 1 aromatic rings. The summed E-state index contributed by atoms with van der Waals surface area (Å²) >= 11 is 0. The van der Waals surface area contributed by atoms with Gasteiger partial charge in [0.1, 0.15) is 6.33 Å². The van der Waals surface area contributed by atoms with E-state index in [1.807, 2.05) is 7.05 Å². The molecular formula is C11H18N4O. The average molecular weight is 222 g/mol. The average Bonchev–Trinajstić information content (AvgIpc) is 2.96. The SMILES string of the molecule is CN(CCN1CCCC1)C(=O)n1ccnc1. The molecule has 88 valence electrons. The Balaban J connectivity index is 1.78. The molecule has 0 saturated carbocycles. The maximum Gasteiger partial charge on any atom is 0.329 e. The van der Waals surface area contributed by atoms with E-state index in [9.17, 15) is 4.79 Å². The number of aromatic nitrogens is 2. The molecular weight excluding hydrogens is 204 g/mol. The van der Waals surface area contributed by atoms with Gasteiger partial charge >= 0.3 is 6.03 Å². The first kappa shape index (κ1) is 11.1. The normalized spacial score (nSPS) is 16.6. The van der Waals surface area contributed by atoms with Gasteiger partial charge in [-0.25, -0.2) is 9.78 Å². The van der Waals surface area contributed by atoms with Crippen LogP contribution in [0.1, 0.15) is 12.8 Å². The van der Waals surface area contributed by atoms with Crippen molar-refractivity contribution < 1.29 is 4.79 Å². The highest BCUT2D eigenvalue weighted by molar-refractivity contribution is 5.76. The van der Waals surface area contributed by atoms with Crippen molar-refractivity contribution in [3.63, 3.8) is 0 Å². The third kappa shape index (κ3) is 2.61. The van der Waals surface area contributed by atoms with Crippen LogP contribution in [0.3, 0.4) is 0 Å². The van der Waals surface area contributed by atoms with E-state index < -0.39 is 0 Å². The fourth-order valence-corrected chi connectivity index (χ4v) is 1.96. The van der Waals surface area contributed by atoms with Gasteiger partial charge in [0.2, 0.25) is 0 Å². The van der Waals surface area contributed by atoms with Gasteiger partial charge in [-0.3, -0.25) is 4.57 Å². The Morgan fingerprint density at radius 3 is 2.81 bits per heavy atom. The highest BCUT2D eigenvalue weighted by atomic mass is 16.2. The molecule has 2 heterocycles. The van der Waals surface area contributed by atoms with Gasteiger partial charge in [0.15, 0.2) is 0 Å². The molecule has 16 heavy (non-hydrogen) atoms. The zero-order chi connectivity index (χ0) is 11.4. The largest absolute Gasteiger partial charge is 0.329 e. The van der Waals surface area contributed by atoms with Gasteiger partial charge in [-0.15, -0.1) is 0 Å². The molecule has 0 atom stereocenters. The Labute approximate surface area is 95.7 Å². The van der Waals surface area contributed by atoms with Gasteiger partial charge in [0.25, 0.3) is 0 Å². The summed E-state index contributed by atoms with van der Waals surface area (Å²) in [6, 6.07) is -0.0169. The quantitative estimate of drug-likeness (QED) is 0.762. The van der Waals surface area contributed by atoms with E-state index in [1.54, 1.807) is 17.3 Å². The summed E-state index contributed by atoms with van der Waals surface area (Å²) in [6.07, 6.45) is 7.41. The maximum atomic E-state index is 11.8. The number of hydrogen-bond acceptors (Lipinski definition) is 3. The van der Waals surface area contributed by atoms with E-state index >= 15 is 0 Å². The highest BCUT2D eigenvalue weighted by Crippen LogP contribution is 2.06. The standard InChI is InChI=1S/C11H18N4O/c1-13(8-9-14-5-2-3-6-14)11(16)15-7-4-12-10-15/h4,7,10H,2-3,5-6,8-9H2,1H3. The molecule has 2 rings (SSSR count). The molecule has 1 fully saturated rings. The van der Waals surface area contributed by atoms with Crippen LogP contribution in [0.15, 0.2) is 18.7 Å². The minimum Gasteiger partial charge on any atom is -0.326 e. The molecule has 5 heteroatoms. The Bertz CT molecular complexity index is 330. The van der Waals surface area contributed by atoms with Crippen LogP contribution in [0.25, 0.3) is 0 Å². The molecule has 0 N–H and O–H groups in total. The Hall–Kier alpha value is -1.36. The van der Waals surface area contributed by atoms with Crippen LogP contribution >= 0.6 is 0 Å². The van der Waals surface area contributed by atoms with Gasteiger partial charge in [0.05, 0.1) is 0 Å². The zero-order valence-electron chi connectivity index (χ0n) is 9.67. The second kappa shape index (κ2) is 5.12. The van der Waals surface area contributed by atoms with E-state index in [4.69, 9.17) is 0 Å². The molecule has 1 saturated heterocycles. The minimum absolute atomic E-state index is 0.0169. The molecule has 0 spiro atoms. The Morgan fingerprint density at radius 2 is 2.19 bits per heavy atom. The summed E-state index contributed by atoms with van der Waals surface area (Å²) in [5.41, 5.74) is 0. The predicted molar refractivity (Wildman–Crippen MR) is 61.3 cm³/mol. The van der Waals surface area contributed by atoms with Crippen LogP contribution in [0.2, 0.25) is 0 Å². The van der Waals surface area contributed by atoms with Crippen molar-refractivity contribution in [2.45, 2.75) is 12.8 Å².